The molecular formula is C17H16N2O4. The molecule has 1 N–H and O–H groups in total. The highest BCUT2D eigenvalue weighted by Crippen LogP contribution is 2.37. The second kappa shape index (κ2) is 4.83. The highest BCUT2D eigenvalue weighted by atomic mass is 16.2. The molecule has 1 atom stereocenters. The van der Waals surface area contributed by atoms with Crippen LogP contribution >= 0.6 is 0 Å². The Morgan fingerprint density at radius 2 is 1.57 bits per heavy atom. The molecule has 2 aliphatic heterocycles. The largest absolute Gasteiger partial charge is 0.298 e. The van der Waals surface area contributed by atoms with Gasteiger partial charge in [0.05, 0.1) is 11.8 Å². The Labute approximate surface area is 132 Å². The number of hydrogen-bond donors (Lipinski definition) is 1. The molecule has 0 bridgehead atoms. The van der Waals surface area contributed by atoms with Gasteiger partial charge in [-0.3, -0.25) is 29.4 Å². The van der Waals surface area contributed by atoms with E-state index < -0.39 is 17.7 Å². The Kier molecular flexibility index (Phi) is 2.99. The molecule has 6 heteroatoms. The highest BCUT2D eigenvalue weighted by Gasteiger charge is 2.48. The fraction of sp³-hybridized carbons (Fsp3) is 0.412. The minimum Gasteiger partial charge on any atom is -0.298 e. The van der Waals surface area contributed by atoms with Crippen molar-refractivity contribution in [1.29, 1.82) is 0 Å². The van der Waals surface area contributed by atoms with Crippen LogP contribution in [0, 0.1) is 11.8 Å². The predicted octanol–water partition coefficient (Wildman–Crippen LogP) is 0.680. The van der Waals surface area contributed by atoms with E-state index in [1.54, 1.807) is 12.1 Å². The van der Waals surface area contributed by atoms with Crippen LogP contribution in [0.1, 0.15) is 44.7 Å². The van der Waals surface area contributed by atoms with Gasteiger partial charge in [-0.05, 0) is 36.7 Å². The van der Waals surface area contributed by atoms with Gasteiger partial charge in [-0.2, -0.15) is 0 Å². The Hall–Kier alpha value is -2.34. The maximum atomic E-state index is 12.7. The molecule has 2 amide bonds. The molecule has 0 saturated carbocycles. The Bertz CT molecular complexity index is 738. The number of nitrogens with zero attached hydrogens (tertiary/aromatic N) is 1. The van der Waals surface area contributed by atoms with E-state index in [1.807, 2.05) is 7.05 Å². The van der Waals surface area contributed by atoms with Gasteiger partial charge in [0.25, 0.3) is 0 Å². The number of rotatable bonds is 1. The summed E-state index contributed by atoms with van der Waals surface area (Å²) in [7, 11) is 1.99. The number of nitrogens with one attached hydrogen (secondary N) is 1. The Morgan fingerprint density at radius 3 is 2.09 bits per heavy atom. The molecule has 0 radical (unpaired) electrons. The first-order valence-corrected chi connectivity index (χ1v) is 7.72. The van der Waals surface area contributed by atoms with Gasteiger partial charge in [-0.15, -0.1) is 0 Å². The monoisotopic (exact) mass is 312 g/mol. The molecule has 1 unspecified atom stereocenters. The van der Waals surface area contributed by atoms with Crippen molar-refractivity contribution in [2.24, 2.45) is 11.8 Å². The second-order valence-corrected chi connectivity index (χ2v) is 6.60. The van der Waals surface area contributed by atoms with Crippen molar-refractivity contribution in [3.63, 3.8) is 0 Å². The van der Waals surface area contributed by atoms with E-state index in [0.29, 0.717) is 11.1 Å². The molecule has 23 heavy (non-hydrogen) atoms. The molecule has 1 aromatic rings. The fourth-order valence-corrected chi connectivity index (χ4v) is 3.88. The molecular weight excluding hydrogens is 296 g/mol. The predicted molar refractivity (Wildman–Crippen MR) is 79.6 cm³/mol. The van der Waals surface area contributed by atoms with Crippen LogP contribution in [0.2, 0.25) is 0 Å². The summed E-state index contributed by atoms with van der Waals surface area (Å²) in [6.45, 7) is 1.51. The van der Waals surface area contributed by atoms with Crippen LogP contribution in [0.4, 0.5) is 0 Å². The van der Waals surface area contributed by atoms with E-state index in [4.69, 9.17) is 0 Å². The molecule has 0 aromatic heterocycles. The molecule has 0 spiro atoms. The van der Waals surface area contributed by atoms with E-state index in [9.17, 15) is 19.2 Å². The van der Waals surface area contributed by atoms with E-state index in [1.165, 1.54) is 0 Å². The van der Waals surface area contributed by atoms with Crippen molar-refractivity contribution in [2.45, 2.75) is 25.9 Å². The average molecular weight is 312 g/mol. The SMILES string of the molecule is CN1Cc2cc3c(cc2C1)C(=O)C(C1CCC(=O)NC1=O)C3=O. The number of carbonyl (C=O) groups is 4. The number of benzene rings is 1. The summed E-state index contributed by atoms with van der Waals surface area (Å²) in [4.78, 5) is 50.9. The van der Waals surface area contributed by atoms with Gasteiger partial charge in [0.2, 0.25) is 11.8 Å². The zero-order valence-electron chi connectivity index (χ0n) is 12.7. The maximum Gasteiger partial charge on any atom is 0.230 e. The van der Waals surface area contributed by atoms with Crippen LogP contribution in [0.3, 0.4) is 0 Å². The van der Waals surface area contributed by atoms with Gasteiger partial charge >= 0.3 is 0 Å². The summed E-state index contributed by atoms with van der Waals surface area (Å²) >= 11 is 0. The summed E-state index contributed by atoms with van der Waals surface area (Å²) in [6, 6.07) is 3.61. The number of amides is 2. The summed E-state index contributed by atoms with van der Waals surface area (Å²) in [5.41, 5.74) is 2.99. The Balaban J connectivity index is 1.71. The first-order valence-electron chi connectivity index (χ1n) is 7.72. The zero-order chi connectivity index (χ0) is 16.3. The quantitative estimate of drug-likeness (QED) is 0.609. The molecule has 2 heterocycles. The van der Waals surface area contributed by atoms with Crippen molar-refractivity contribution in [3.8, 4) is 0 Å². The lowest BCUT2D eigenvalue weighted by Gasteiger charge is -2.24. The van der Waals surface area contributed by atoms with Crippen LogP contribution in [0.25, 0.3) is 0 Å². The van der Waals surface area contributed by atoms with Crippen LogP contribution in [0.15, 0.2) is 12.1 Å². The molecule has 6 nitrogen and oxygen atoms in total. The summed E-state index contributed by atoms with van der Waals surface area (Å²) in [5.74, 6) is -3.12. The van der Waals surface area contributed by atoms with E-state index >= 15 is 0 Å². The molecule has 4 rings (SSSR count). The number of imide groups is 1. The fourth-order valence-electron chi connectivity index (χ4n) is 3.88. The molecule has 118 valence electrons. The average Bonchev–Trinajstić information content (AvgIpc) is 2.96. The third-order valence-corrected chi connectivity index (χ3v) is 5.00. The first kappa shape index (κ1) is 14.3. The summed E-state index contributed by atoms with van der Waals surface area (Å²) in [5, 5.41) is 2.24. The van der Waals surface area contributed by atoms with Crippen molar-refractivity contribution in [3.05, 3.63) is 34.4 Å². The maximum absolute atomic E-state index is 12.7. The molecule has 3 aliphatic rings. The van der Waals surface area contributed by atoms with Crippen molar-refractivity contribution in [1.82, 2.24) is 10.2 Å². The van der Waals surface area contributed by atoms with Crippen molar-refractivity contribution in [2.75, 3.05) is 7.05 Å². The highest BCUT2D eigenvalue weighted by molar-refractivity contribution is 6.28. The van der Waals surface area contributed by atoms with E-state index in [-0.39, 0.29) is 30.3 Å². The summed E-state index contributed by atoms with van der Waals surface area (Å²) in [6.07, 6.45) is 0.425. The third-order valence-electron chi connectivity index (χ3n) is 5.00. The second-order valence-electron chi connectivity index (χ2n) is 6.60. The Morgan fingerprint density at radius 1 is 1.00 bits per heavy atom. The van der Waals surface area contributed by atoms with Crippen LogP contribution in [0.5, 0.6) is 0 Å². The van der Waals surface area contributed by atoms with E-state index in [0.717, 1.165) is 24.2 Å². The molecule has 1 aromatic carbocycles. The standard InChI is InChI=1S/C17H16N2O4/c1-19-6-8-4-11-12(5-9(8)7-19)16(22)14(15(11)21)10-2-3-13(20)18-17(10)23/h4-5,10,14H,2-3,6-7H2,1H3,(H,18,20,23). The van der Waals surface area contributed by atoms with Crippen LogP contribution in [-0.2, 0) is 22.7 Å². The minimum atomic E-state index is -0.974. The van der Waals surface area contributed by atoms with Gasteiger partial charge in [-0.25, -0.2) is 0 Å². The smallest absolute Gasteiger partial charge is 0.230 e. The lowest BCUT2D eigenvalue weighted by Crippen LogP contribution is -2.46. The molecule has 1 aliphatic carbocycles. The van der Waals surface area contributed by atoms with Gasteiger partial charge < -0.3 is 0 Å². The number of fused-ring (bicyclic) bond motifs is 2. The lowest BCUT2D eigenvalue weighted by molar-refractivity contribution is -0.137. The topological polar surface area (TPSA) is 83.6 Å². The number of piperidine rings is 1. The number of ketones is 2. The minimum absolute atomic E-state index is 0.172. The lowest BCUT2D eigenvalue weighted by atomic mass is 9.82. The van der Waals surface area contributed by atoms with Gasteiger partial charge in [0.15, 0.2) is 11.6 Å². The van der Waals surface area contributed by atoms with Crippen LogP contribution < -0.4 is 5.32 Å². The van der Waals surface area contributed by atoms with Gasteiger partial charge in [-0.1, -0.05) is 0 Å². The van der Waals surface area contributed by atoms with Gasteiger partial charge in [0, 0.05) is 30.6 Å². The normalized spacial score (nSPS) is 24.8. The molecule has 1 fully saturated rings. The zero-order valence-corrected chi connectivity index (χ0v) is 12.7. The number of hydrogen-bond acceptors (Lipinski definition) is 5. The molecule has 1 saturated heterocycles. The third kappa shape index (κ3) is 2.05. The van der Waals surface area contributed by atoms with E-state index in [2.05, 4.69) is 10.2 Å². The van der Waals surface area contributed by atoms with Crippen molar-refractivity contribution < 1.29 is 19.2 Å². The number of Topliss-reactive ketones (excluding diaryl/α,β-unsaturated/α-hetero) is 2. The van der Waals surface area contributed by atoms with Gasteiger partial charge in [0.1, 0.15) is 0 Å². The van der Waals surface area contributed by atoms with Crippen LogP contribution in [-0.4, -0.2) is 35.3 Å². The first-order chi connectivity index (χ1) is 11.0. The summed E-state index contributed by atoms with van der Waals surface area (Å²) < 4.78 is 0. The van der Waals surface area contributed by atoms with Crippen molar-refractivity contribution >= 4 is 23.4 Å². The number of carbonyl (C=O) groups excluding carboxylic acids is 4.